The average Bonchev–Trinajstić information content (AvgIpc) is 3.30. The van der Waals surface area contributed by atoms with Crippen molar-refractivity contribution in [2.75, 3.05) is 10.6 Å². The Bertz CT molecular complexity index is 1630. The maximum Gasteiger partial charge on any atom is 0.336 e. The van der Waals surface area contributed by atoms with Gasteiger partial charge in [0.05, 0.1) is 27.7 Å². The van der Waals surface area contributed by atoms with Crippen LogP contribution in [0.2, 0.25) is 5.02 Å². The van der Waals surface area contributed by atoms with Crippen molar-refractivity contribution in [2.45, 2.75) is 33.1 Å². The number of carbonyl (C=O) groups excluding carboxylic acids is 2. The highest BCUT2D eigenvalue weighted by atomic mass is 35.5. The molecule has 0 aliphatic carbocycles. The van der Waals surface area contributed by atoms with Crippen molar-refractivity contribution in [1.82, 2.24) is 14.8 Å². The molecule has 0 saturated heterocycles. The van der Waals surface area contributed by atoms with Gasteiger partial charge in [-0.25, -0.2) is 14.3 Å². The molecule has 0 saturated carbocycles. The lowest BCUT2D eigenvalue weighted by molar-refractivity contribution is 0.0695. The summed E-state index contributed by atoms with van der Waals surface area (Å²) in [4.78, 5) is 39.9. The van der Waals surface area contributed by atoms with E-state index in [1.165, 1.54) is 29.1 Å². The quantitative estimate of drug-likeness (QED) is 0.222. The number of nitrogens with zero attached hydrogens (tertiary/aromatic N) is 3. The number of aromatic carboxylic acids is 1. The van der Waals surface area contributed by atoms with Crippen molar-refractivity contribution in [2.24, 2.45) is 5.73 Å². The van der Waals surface area contributed by atoms with E-state index in [2.05, 4.69) is 20.7 Å². The predicted molar refractivity (Wildman–Crippen MR) is 151 cm³/mol. The van der Waals surface area contributed by atoms with Crippen molar-refractivity contribution in [3.8, 4) is 17.2 Å². The standard InChI is InChI=1S/C28H27ClN6O5/c1-15-18(26(37)38)6-5-7-22(15)35-24(14-23(34-35)28(2,3)4)33-27(39)32-20-9-8-16(12-19(20)29)40-17-10-11-31-21(13-17)25(30)36/h5-14H,1-4H3,(H2,30,36)(H,37,38)(H2,32,33,39). The van der Waals surface area contributed by atoms with Crippen molar-refractivity contribution in [3.63, 3.8) is 0 Å². The Morgan fingerprint density at radius 3 is 2.40 bits per heavy atom. The molecular formula is C28H27ClN6O5. The minimum Gasteiger partial charge on any atom is -0.478 e. The van der Waals surface area contributed by atoms with Crippen LogP contribution in [-0.2, 0) is 5.41 Å². The van der Waals surface area contributed by atoms with E-state index in [1.54, 1.807) is 43.3 Å². The molecule has 4 aromatic rings. The molecule has 0 atom stereocenters. The molecule has 0 spiro atoms. The molecule has 0 aliphatic rings. The van der Waals surface area contributed by atoms with Crippen molar-refractivity contribution >= 4 is 41.0 Å². The molecule has 3 amide bonds. The predicted octanol–water partition coefficient (Wildman–Crippen LogP) is 5.76. The lowest BCUT2D eigenvalue weighted by Crippen LogP contribution is -2.21. The molecule has 11 nitrogen and oxygen atoms in total. The highest BCUT2D eigenvalue weighted by molar-refractivity contribution is 6.34. The Balaban J connectivity index is 1.57. The van der Waals surface area contributed by atoms with Gasteiger partial charge < -0.3 is 20.9 Å². The van der Waals surface area contributed by atoms with Crippen molar-refractivity contribution < 1.29 is 24.2 Å². The van der Waals surface area contributed by atoms with Crippen molar-refractivity contribution in [1.29, 1.82) is 0 Å². The SMILES string of the molecule is Cc1c(C(=O)O)cccc1-n1nc(C(C)(C)C)cc1NC(=O)Nc1ccc(Oc2ccnc(C(N)=O)c2)cc1Cl. The van der Waals surface area contributed by atoms with Gasteiger partial charge in [-0.1, -0.05) is 38.4 Å². The van der Waals surface area contributed by atoms with Gasteiger partial charge in [0.15, 0.2) is 0 Å². The Morgan fingerprint density at radius 2 is 1.75 bits per heavy atom. The number of halogens is 1. The zero-order valence-corrected chi connectivity index (χ0v) is 22.9. The normalized spacial score (nSPS) is 11.1. The number of nitrogens with one attached hydrogen (secondary N) is 2. The summed E-state index contributed by atoms with van der Waals surface area (Å²) in [5.74, 6) is -0.710. The Labute approximate surface area is 234 Å². The number of carboxylic acids is 1. The zero-order chi connectivity index (χ0) is 29.2. The third-order valence-corrected chi connectivity index (χ3v) is 6.20. The summed E-state index contributed by atoms with van der Waals surface area (Å²) >= 11 is 6.40. The second kappa shape index (κ2) is 11.1. The van der Waals surface area contributed by atoms with E-state index in [-0.39, 0.29) is 21.7 Å². The number of amides is 3. The zero-order valence-electron chi connectivity index (χ0n) is 22.2. The van der Waals surface area contributed by atoms with Crippen LogP contribution >= 0.6 is 11.6 Å². The minimum atomic E-state index is -1.06. The first-order valence-corrected chi connectivity index (χ1v) is 12.5. The lowest BCUT2D eigenvalue weighted by Gasteiger charge is -2.15. The maximum absolute atomic E-state index is 13.0. The Hall–Kier alpha value is -4.90. The van der Waals surface area contributed by atoms with E-state index in [1.807, 2.05) is 20.8 Å². The van der Waals surface area contributed by atoms with Gasteiger partial charge in [-0.15, -0.1) is 0 Å². The van der Waals surface area contributed by atoms with Gasteiger partial charge in [0, 0.05) is 29.8 Å². The summed E-state index contributed by atoms with van der Waals surface area (Å²) in [5, 5.41) is 19.9. The summed E-state index contributed by atoms with van der Waals surface area (Å²) in [6.45, 7) is 7.63. The molecule has 0 unspecified atom stereocenters. The monoisotopic (exact) mass is 562 g/mol. The number of primary amides is 1. The van der Waals surface area contributed by atoms with Gasteiger partial charge in [-0.05, 0) is 42.8 Å². The second-order valence-electron chi connectivity index (χ2n) is 9.90. The van der Waals surface area contributed by atoms with Gasteiger partial charge in [0.25, 0.3) is 5.91 Å². The smallest absolute Gasteiger partial charge is 0.336 e. The van der Waals surface area contributed by atoms with Crippen LogP contribution in [0.15, 0.2) is 60.8 Å². The number of carbonyl (C=O) groups is 3. The molecule has 0 bridgehead atoms. The number of pyridine rings is 1. The number of anilines is 2. The van der Waals surface area contributed by atoms with Crippen LogP contribution in [0.5, 0.6) is 11.5 Å². The molecule has 0 radical (unpaired) electrons. The van der Waals surface area contributed by atoms with Crippen LogP contribution < -0.4 is 21.1 Å². The van der Waals surface area contributed by atoms with E-state index in [4.69, 9.17) is 22.1 Å². The Morgan fingerprint density at radius 1 is 1.02 bits per heavy atom. The number of nitrogens with two attached hydrogens (primary N) is 1. The summed E-state index contributed by atoms with van der Waals surface area (Å²) in [7, 11) is 0. The number of ether oxygens (including phenoxy) is 1. The molecule has 2 aromatic heterocycles. The molecule has 0 aliphatic heterocycles. The van der Waals surface area contributed by atoms with Crippen LogP contribution in [0.4, 0.5) is 16.3 Å². The van der Waals surface area contributed by atoms with Crippen LogP contribution in [-0.4, -0.2) is 37.8 Å². The Kier molecular flexibility index (Phi) is 7.78. The molecule has 5 N–H and O–H groups in total. The lowest BCUT2D eigenvalue weighted by atomic mass is 9.92. The van der Waals surface area contributed by atoms with E-state index >= 15 is 0 Å². The first-order valence-electron chi connectivity index (χ1n) is 12.1. The van der Waals surface area contributed by atoms with Crippen LogP contribution in [0.3, 0.4) is 0 Å². The molecule has 0 fully saturated rings. The van der Waals surface area contributed by atoms with Crippen molar-refractivity contribution in [3.05, 3.63) is 88.3 Å². The topological polar surface area (TPSA) is 161 Å². The fraction of sp³-hybridized carbons (Fsp3) is 0.179. The maximum atomic E-state index is 13.0. The molecule has 12 heteroatoms. The molecule has 2 aromatic carbocycles. The van der Waals surface area contributed by atoms with E-state index in [0.29, 0.717) is 39.9 Å². The average molecular weight is 563 g/mol. The van der Waals surface area contributed by atoms with Gasteiger partial charge >= 0.3 is 12.0 Å². The summed E-state index contributed by atoms with van der Waals surface area (Å²) in [6, 6.07) is 13.6. The van der Waals surface area contributed by atoms with Crippen LogP contribution in [0.25, 0.3) is 5.69 Å². The number of rotatable bonds is 7. The van der Waals surface area contributed by atoms with Gasteiger partial charge in [0.1, 0.15) is 23.0 Å². The van der Waals surface area contributed by atoms with E-state index < -0.39 is 17.9 Å². The minimum absolute atomic E-state index is 0.0531. The number of benzene rings is 2. The van der Waals surface area contributed by atoms with Gasteiger partial charge in [-0.2, -0.15) is 5.10 Å². The fourth-order valence-corrected chi connectivity index (χ4v) is 4.00. The fourth-order valence-electron chi connectivity index (χ4n) is 3.78. The molecule has 206 valence electrons. The molecule has 2 heterocycles. The van der Waals surface area contributed by atoms with Crippen LogP contribution in [0, 0.1) is 6.92 Å². The third kappa shape index (κ3) is 6.21. The van der Waals surface area contributed by atoms with E-state index in [0.717, 1.165) is 0 Å². The highest BCUT2D eigenvalue weighted by Gasteiger charge is 2.23. The molecule has 40 heavy (non-hydrogen) atoms. The second-order valence-corrected chi connectivity index (χ2v) is 10.3. The summed E-state index contributed by atoms with van der Waals surface area (Å²) in [5.41, 5.74) is 7.11. The first-order chi connectivity index (χ1) is 18.8. The molecular weight excluding hydrogens is 536 g/mol. The number of urea groups is 1. The molecule has 4 rings (SSSR count). The third-order valence-electron chi connectivity index (χ3n) is 5.89. The highest BCUT2D eigenvalue weighted by Crippen LogP contribution is 2.31. The largest absolute Gasteiger partial charge is 0.478 e. The number of carboxylic acid groups (broad SMARTS) is 1. The van der Waals surface area contributed by atoms with Gasteiger partial charge in [0.2, 0.25) is 0 Å². The summed E-state index contributed by atoms with van der Waals surface area (Å²) in [6.07, 6.45) is 1.40. The van der Waals surface area contributed by atoms with Gasteiger partial charge in [-0.3, -0.25) is 15.1 Å². The van der Waals surface area contributed by atoms with Crippen LogP contribution in [0.1, 0.15) is 52.9 Å². The van der Waals surface area contributed by atoms with E-state index in [9.17, 15) is 19.5 Å². The number of hydrogen-bond donors (Lipinski definition) is 4. The number of aromatic nitrogens is 3. The number of hydrogen-bond acceptors (Lipinski definition) is 6. The first kappa shape index (κ1) is 28.1. The summed E-state index contributed by atoms with van der Waals surface area (Å²) < 4.78 is 7.24.